The summed E-state index contributed by atoms with van der Waals surface area (Å²) in [6.45, 7) is 5.12. The van der Waals surface area contributed by atoms with Crippen LogP contribution in [-0.4, -0.2) is 47.0 Å². The van der Waals surface area contributed by atoms with Gasteiger partial charge in [-0.25, -0.2) is 18.0 Å². The molecule has 0 radical (unpaired) electrons. The Balaban J connectivity index is 2.56. The fourth-order valence-corrected chi connectivity index (χ4v) is 5.35. The van der Waals surface area contributed by atoms with Crippen molar-refractivity contribution in [1.82, 2.24) is 5.32 Å². The quantitative estimate of drug-likeness (QED) is 0.465. The van der Waals surface area contributed by atoms with E-state index in [1.807, 2.05) is 0 Å². The molecule has 0 atom stereocenters. The maximum atomic E-state index is 13.1. The summed E-state index contributed by atoms with van der Waals surface area (Å²) in [5.41, 5.74) is -0.0790. The fourth-order valence-electron chi connectivity index (χ4n) is 2.52. The first-order chi connectivity index (χ1) is 14.2. The lowest BCUT2D eigenvalue weighted by atomic mass is 10.1. The third-order valence-electron chi connectivity index (χ3n) is 3.94. The summed E-state index contributed by atoms with van der Waals surface area (Å²) in [4.78, 5) is 36.5. The van der Waals surface area contributed by atoms with E-state index in [0.717, 1.165) is 14.2 Å². The number of benzene rings is 1. The van der Waals surface area contributed by atoms with E-state index >= 15 is 0 Å². The Morgan fingerprint density at radius 2 is 1.77 bits per heavy atom. The van der Waals surface area contributed by atoms with Crippen molar-refractivity contribution in [3.63, 3.8) is 0 Å². The van der Waals surface area contributed by atoms with Crippen molar-refractivity contribution in [2.75, 3.05) is 25.5 Å². The summed E-state index contributed by atoms with van der Waals surface area (Å²) in [5.74, 6) is -2.22. The summed E-state index contributed by atoms with van der Waals surface area (Å²) < 4.78 is 37.4. The molecule has 2 rings (SSSR count). The summed E-state index contributed by atoms with van der Waals surface area (Å²) >= 11 is 0.577. The minimum atomic E-state index is -4.36. The second-order valence-corrected chi connectivity index (χ2v) is 8.75. The van der Waals surface area contributed by atoms with Crippen molar-refractivity contribution >= 4 is 44.9 Å². The SMILES string of the molecule is C=CCNC(=O)c1ccccc1NS(=O)(=O)c1sc(C(=O)OC)c(C)c1C(=O)OC. The molecule has 0 bridgehead atoms. The standard InChI is InChI=1S/C19H20N2O7S2/c1-5-10-20-16(22)12-8-6-7-9-13(12)21-30(25,26)19-14(17(23)27-3)11(2)15(29-19)18(24)28-4/h5-9,21H,1,10H2,2-4H3,(H,20,22). The highest BCUT2D eigenvalue weighted by atomic mass is 32.2. The van der Waals surface area contributed by atoms with Crippen molar-refractivity contribution in [3.05, 3.63) is 58.5 Å². The van der Waals surface area contributed by atoms with Crippen LogP contribution in [0.25, 0.3) is 0 Å². The van der Waals surface area contributed by atoms with Crippen molar-refractivity contribution in [2.24, 2.45) is 0 Å². The van der Waals surface area contributed by atoms with Crippen LogP contribution in [0.3, 0.4) is 0 Å². The zero-order chi connectivity index (χ0) is 22.5. The van der Waals surface area contributed by atoms with Crippen molar-refractivity contribution in [2.45, 2.75) is 11.1 Å². The maximum absolute atomic E-state index is 13.1. The number of carbonyl (C=O) groups excluding carboxylic acids is 3. The van der Waals surface area contributed by atoms with Gasteiger partial charge in [-0.05, 0) is 24.6 Å². The molecule has 11 heteroatoms. The Labute approximate surface area is 177 Å². The zero-order valence-corrected chi connectivity index (χ0v) is 18.1. The fraction of sp³-hybridized carbons (Fsp3) is 0.211. The van der Waals surface area contributed by atoms with Gasteiger partial charge in [-0.1, -0.05) is 18.2 Å². The molecule has 0 spiro atoms. The average molecular weight is 453 g/mol. The van der Waals surface area contributed by atoms with Gasteiger partial charge in [0, 0.05) is 6.54 Å². The second kappa shape index (κ2) is 9.55. The molecule has 1 aromatic heterocycles. The molecule has 0 unspecified atom stereocenters. The van der Waals surface area contributed by atoms with E-state index in [0.29, 0.717) is 11.3 Å². The van der Waals surface area contributed by atoms with Crippen LogP contribution in [0.4, 0.5) is 5.69 Å². The Kier molecular flexibility index (Phi) is 7.35. The number of anilines is 1. The Morgan fingerprint density at radius 3 is 2.37 bits per heavy atom. The molecule has 2 N–H and O–H groups in total. The van der Waals surface area contributed by atoms with Gasteiger partial charge in [0.05, 0.1) is 31.0 Å². The predicted molar refractivity (Wildman–Crippen MR) is 112 cm³/mol. The lowest BCUT2D eigenvalue weighted by Gasteiger charge is -2.12. The van der Waals surface area contributed by atoms with Crippen LogP contribution >= 0.6 is 11.3 Å². The van der Waals surface area contributed by atoms with Gasteiger partial charge >= 0.3 is 11.9 Å². The molecule has 1 amide bonds. The lowest BCUT2D eigenvalue weighted by molar-refractivity contribution is 0.0596. The normalized spacial score (nSPS) is 10.8. The van der Waals surface area contributed by atoms with Crippen LogP contribution in [0.1, 0.15) is 36.0 Å². The molecular formula is C19H20N2O7S2. The largest absolute Gasteiger partial charge is 0.465 e. The van der Waals surface area contributed by atoms with Crippen LogP contribution in [0.5, 0.6) is 0 Å². The van der Waals surface area contributed by atoms with E-state index in [1.54, 1.807) is 12.1 Å². The number of hydrogen-bond donors (Lipinski definition) is 2. The topological polar surface area (TPSA) is 128 Å². The van der Waals surface area contributed by atoms with Crippen molar-refractivity contribution in [3.8, 4) is 0 Å². The van der Waals surface area contributed by atoms with Crippen molar-refractivity contribution < 1.29 is 32.3 Å². The third-order valence-corrected chi connectivity index (χ3v) is 7.10. The van der Waals surface area contributed by atoms with Crippen LogP contribution in [0.2, 0.25) is 0 Å². The first-order valence-electron chi connectivity index (χ1n) is 8.48. The monoisotopic (exact) mass is 452 g/mol. The number of para-hydroxylation sites is 1. The number of ether oxygens (including phenoxy) is 2. The van der Waals surface area contributed by atoms with Crippen LogP contribution in [-0.2, 0) is 19.5 Å². The van der Waals surface area contributed by atoms with Gasteiger partial charge in [0.25, 0.3) is 15.9 Å². The van der Waals surface area contributed by atoms with Gasteiger partial charge in [0.2, 0.25) is 0 Å². The van der Waals surface area contributed by atoms with E-state index in [-0.39, 0.29) is 33.8 Å². The molecule has 0 aliphatic heterocycles. The Bertz CT molecular complexity index is 1100. The molecule has 0 aliphatic carbocycles. The van der Waals surface area contributed by atoms with Gasteiger partial charge in [-0.15, -0.1) is 17.9 Å². The minimum Gasteiger partial charge on any atom is -0.465 e. The molecule has 1 aromatic carbocycles. The number of hydrogen-bond acceptors (Lipinski definition) is 8. The maximum Gasteiger partial charge on any atom is 0.348 e. The molecule has 1 heterocycles. The lowest BCUT2D eigenvalue weighted by Crippen LogP contribution is -2.25. The van der Waals surface area contributed by atoms with E-state index < -0.39 is 32.1 Å². The molecule has 2 aromatic rings. The van der Waals surface area contributed by atoms with Gasteiger partial charge in [-0.2, -0.15) is 0 Å². The molecule has 160 valence electrons. The molecule has 0 saturated carbocycles. The van der Waals surface area contributed by atoms with E-state index in [2.05, 4.69) is 26.1 Å². The first kappa shape index (κ1) is 23.1. The number of carbonyl (C=O) groups is 3. The number of esters is 2. The highest BCUT2D eigenvalue weighted by molar-refractivity contribution is 7.94. The Morgan fingerprint density at radius 1 is 1.13 bits per heavy atom. The highest BCUT2D eigenvalue weighted by Gasteiger charge is 2.33. The van der Waals surface area contributed by atoms with Crippen molar-refractivity contribution in [1.29, 1.82) is 0 Å². The average Bonchev–Trinajstić information content (AvgIpc) is 3.09. The van der Waals surface area contributed by atoms with E-state index in [9.17, 15) is 22.8 Å². The highest BCUT2D eigenvalue weighted by Crippen LogP contribution is 2.34. The summed E-state index contributed by atoms with van der Waals surface area (Å²) in [5, 5.41) is 2.56. The third kappa shape index (κ3) is 4.69. The van der Waals surface area contributed by atoms with Crippen LogP contribution < -0.4 is 10.0 Å². The summed E-state index contributed by atoms with van der Waals surface area (Å²) in [6, 6.07) is 5.96. The summed E-state index contributed by atoms with van der Waals surface area (Å²) in [7, 11) is -2.12. The van der Waals surface area contributed by atoms with Crippen LogP contribution in [0.15, 0.2) is 41.1 Å². The van der Waals surface area contributed by atoms with Gasteiger partial charge in [-0.3, -0.25) is 9.52 Å². The zero-order valence-electron chi connectivity index (χ0n) is 16.5. The molecule has 30 heavy (non-hydrogen) atoms. The van der Waals surface area contributed by atoms with E-state index in [4.69, 9.17) is 0 Å². The number of nitrogens with one attached hydrogen (secondary N) is 2. The smallest absolute Gasteiger partial charge is 0.348 e. The summed E-state index contributed by atoms with van der Waals surface area (Å²) in [6.07, 6.45) is 1.48. The van der Waals surface area contributed by atoms with Crippen LogP contribution in [0, 0.1) is 6.92 Å². The molecular weight excluding hydrogens is 432 g/mol. The first-order valence-corrected chi connectivity index (χ1v) is 10.8. The number of rotatable bonds is 8. The van der Waals surface area contributed by atoms with Gasteiger partial charge < -0.3 is 14.8 Å². The van der Waals surface area contributed by atoms with E-state index in [1.165, 1.54) is 25.1 Å². The molecule has 0 fully saturated rings. The number of amides is 1. The van der Waals surface area contributed by atoms with Gasteiger partial charge in [0.1, 0.15) is 4.88 Å². The molecule has 0 saturated heterocycles. The number of methoxy groups -OCH3 is 2. The number of sulfonamides is 1. The Hall–Kier alpha value is -3.18. The molecule has 9 nitrogen and oxygen atoms in total. The second-order valence-electron chi connectivity index (χ2n) is 5.85. The molecule has 0 aliphatic rings. The predicted octanol–water partition coefficient (Wildman–Crippen LogP) is 2.35. The van der Waals surface area contributed by atoms with Gasteiger partial charge in [0.15, 0.2) is 4.21 Å². The number of thiophene rings is 1. The minimum absolute atomic E-state index is 0.000508.